The number of halogens is 3. The summed E-state index contributed by atoms with van der Waals surface area (Å²) in [5.74, 6) is -2.80. The van der Waals surface area contributed by atoms with Crippen LogP contribution in [0.4, 0.5) is 0 Å². The average Bonchev–Trinajstić information content (AvgIpc) is 3.08. The second-order valence-corrected chi connectivity index (χ2v) is 10.3. The summed E-state index contributed by atoms with van der Waals surface area (Å²) in [6, 6.07) is 11.4. The lowest BCUT2D eigenvalue weighted by Gasteiger charge is -2.36. The fourth-order valence-electron chi connectivity index (χ4n) is 4.99. The van der Waals surface area contributed by atoms with Crippen LogP contribution >= 0.6 is 34.8 Å². The molecule has 0 radical (unpaired) electrons. The summed E-state index contributed by atoms with van der Waals surface area (Å²) in [7, 11) is 0. The van der Waals surface area contributed by atoms with Gasteiger partial charge in [-0.15, -0.1) is 11.6 Å². The van der Waals surface area contributed by atoms with Crippen LogP contribution in [0.3, 0.4) is 0 Å². The Hall–Kier alpha value is -2.41. The van der Waals surface area contributed by atoms with Gasteiger partial charge in [0.2, 0.25) is 0 Å². The standard InChI is InChI=1S/C26H25Cl3N2O4/c1-15-6-11-18-20(14-15)26(35)31(24(18)33)30(25(34)19-4-2-3-5-21(19)29)22(12-13-27)23(32)16-7-9-17(28)10-8-16/h2-5,7-10,15,18,20,22H,6,11-14H2,1H3/t15-,18+,20-,22+/m1/s1. The quantitative estimate of drug-likeness (QED) is 0.261. The molecule has 4 atom stereocenters. The third-order valence-electron chi connectivity index (χ3n) is 6.80. The minimum atomic E-state index is -1.19. The Balaban J connectivity index is 1.82. The number of hydrogen-bond acceptors (Lipinski definition) is 4. The molecule has 1 saturated carbocycles. The van der Waals surface area contributed by atoms with Crippen molar-refractivity contribution in [3.63, 3.8) is 0 Å². The van der Waals surface area contributed by atoms with Gasteiger partial charge in [-0.1, -0.05) is 42.3 Å². The second-order valence-electron chi connectivity index (χ2n) is 9.11. The molecular formula is C26H25Cl3N2O4. The van der Waals surface area contributed by atoms with Gasteiger partial charge in [0.25, 0.3) is 17.7 Å². The maximum Gasteiger partial charge on any atom is 0.275 e. The van der Waals surface area contributed by atoms with Crippen LogP contribution in [-0.2, 0) is 9.59 Å². The zero-order valence-electron chi connectivity index (χ0n) is 19.1. The van der Waals surface area contributed by atoms with Gasteiger partial charge >= 0.3 is 0 Å². The number of nitrogens with zero attached hydrogens (tertiary/aromatic N) is 2. The molecule has 35 heavy (non-hydrogen) atoms. The summed E-state index contributed by atoms with van der Waals surface area (Å²) in [6.45, 7) is 2.05. The number of amides is 3. The number of carbonyl (C=O) groups excluding carboxylic acids is 4. The van der Waals surface area contributed by atoms with Crippen molar-refractivity contribution < 1.29 is 19.2 Å². The Morgan fingerprint density at radius 3 is 2.31 bits per heavy atom. The van der Waals surface area contributed by atoms with Crippen molar-refractivity contribution in [3.8, 4) is 0 Å². The zero-order chi connectivity index (χ0) is 25.3. The Bertz CT molecular complexity index is 1150. The number of alkyl halides is 1. The van der Waals surface area contributed by atoms with Crippen LogP contribution in [0.25, 0.3) is 0 Å². The number of fused-ring (bicyclic) bond motifs is 1. The van der Waals surface area contributed by atoms with E-state index in [9.17, 15) is 19.2 Å². The molecule has 0 bridgehead atoms. The smallest absolute Gasteiger partial charge is 0.275 e. The second kappa shape index (κ2) is 10.7. The summed E-state index contributed by atoms with van der Waals surface area (Å²) < 4.78 is 0. The Morgan fingerprint density at radius 2 is 1.66 bits per heavy atom. The van der Waals surface area contributed by atoms with Crippen LogP contribution in [0.5, 0.6) is 0 Å². The van der Waals surface area contributed by atoms with E-state index >= 15 is 0 Å². The Labute approximate surface area is 219 Å². The van der Waals surface area contributed by atoms with Crippen molar-refractivity contribution in [1.29, 1.82) is 0 Å². The first-order valence-electron chi connectivity index (χ1n) is 11.6. The van der Waals surface area contributed by atoms with Crippen molar-refractivity contribution in [1.82, 2.24) is 10.0 Å². The maximum atomic E-state index is 13.9. The molecule has 9 heteroatoms. The van der Waals surface area contributed by atoms with Gasteiger partial charge in [0.1, 0.15) is 6.04 Å². The molecule has 6 nitrogen and oxygen atoms in total. The van der Waals surface area contributed by atoms with Crippen molar-refractivity contribution in [2.45, 2.75) is 38.6 Å². The maximum absolute atomic E-state index is 13.9. The fraction of sp³-hybridized carbons (Fsp3) is 0.385. The molecule has 2 aliphatic rings. The average molecular weight is 536 g/mol. The SMILES string of the molecule is C[C@@H]1CC[C@@H]2C(=O)N(N(C(=O)c3ccccc3Cl)[C@@H](CCCl)C(=O)c3ccc(Cl)cc3)C(=O)[C@@H]2C1. The number of ketones is 1. The van der Waals surface area contributed by atoms with Crippen LogP contribution < -0.4 is 0 Å². The van der Waals surface area contributed by atoms with Gasteiger partial charge in [-0.25, -0.2) is 5.01 Å². The predicted octanol–water partition coefficient (Wildman–Crippen LogP) is 5.65. The highest BCUT2D eigenvalue weighted by molar-refractivity contribution is 6.34. The van der Waals surface area contributed by atoms with E-state index in [0.717, 1.165) is 16.4 Å². The van der Waals surface area contributed by atoms with E-state index in [0.29, 0.717) is 17.9 Å². The molecular weight excluding hydrogens is 511 g/mol. The first-order chi connectivity index (χ1) is 16.7. The normalized spacial score (nSPS) is 22.6. The van der Waals surface area contributed by atoms with Crippen molar-refractivity contribution in [3.05, 3.63) is 69.7 Å². The van der Waals surface area contributed by atoms with Crippen molar-refractivity contribution >= 4 is 58.3 Å². The highest BCUT2D eigenvalue weighted by atomic mass is 35.5. The largest absolute Gasteiger partial charge is 0.292 e. The zero-order valence-corrected chi connectivity index (χ0v) is 21.4. The van der Waals surface area contributed by atoms with E-state index in [1.807, 2.05) is 6.92 Å². The first-order valence-corrected chi connectivity index (χ1v) is 12.8. The van der Waals surface area contributed by atoms with Crippen LogP contribution in [0.2, 0.25) is 10.0 Å². The third kappa shape index (κ3) is 4.97. The predicted molar refractivity (Wildman–Crippen MR) is 134 cm³/mol. The minimum Gasteiger partial charge on any atom is -0.292 e. The highest BCUT2D eigenvalue weighted by Gasteiger charge is 2.54. The number of hydrazine groups is 1. The molecule has 1 saturated heterocycles. The Morgan fingerprint density at radius 1 is 1.00 bits per heavy atom. The molecule has 0 unspecified atom stereocenters. The lowest BCUT2D eigenvalue weighted by atomic mass is 9.76. The van der Waals surface area contributed by atoms with Crippen molar-refractivity contribution in [2.24, 2.45) is 17.8 Å². The van der Waals surface area contributed by atoms with Crippen LogP contribution in [0, 0.1) is 17.8 Å². The minimum absolute atomic E-state index is 0.0242. The van der Waals surface area contributed by atoms with Gasteiger partial charge in [-0.05, 0) is 68.0 Å². The van der Waals surface area contributed by atoms with E-state index in [4.69, 9.17) is 34.8 Å². The molecule has 1 aliphatic heterocycles. The van der Waals surface area contributed by atoms with E-state index in [-0.39, 0.29) is 34.4 Å². The summed E-state index contributed by atoms with van der Waals surface area (Å²) in [6.07, 6.45) is 1.97. The molecule has 3 amide bonds. The number of Topliss-reactive ketones (excluding diaryl/α,β-unsaturated/α-hetero) is 1. The molecule has 0 aromatic heterocycles. The van der Waals surface area contributed by atoms with Crippen LogP contribution in [0.1, 0.15) is 53.3 Å². The molecule has 1 heterocycles. The monoisotopic (exact) mass is 534 g/mol. The molecule has 4 rings (SSSR count). The molecule has 0 N–H and O–H groups in total. The molecule has 1 aliphatic carbocycles. The molecule has 0 spiro atoms. The number of rotatable bonds is 7. The summed E-state index contributed by atoms with van der Waals surface area (Å²) in [5.41, 5.74) is 0.369. The Kier molecular flexibility index (Phi) is 7.84. The molecule has 2 aromatic carbocycles. The number of imide groups is 1. The van der Waals surface area contributed by atoms with E-state index < -0.39 is 41.4 Å². The van der Waals surface area contributed by atoms with Crippen LogP contribution in [-0.4, -0.2) is 45.4 Å². The molecule has 2 fully saturated rings. The van der Waals surface area contributed by atoms with Gasteiger partial charge in [0.15, 0.2) is 5.78 Å². The summed E-state index contributed by atoms with van der Waals surface area (Å²) in [4.78, 5) is 54.7. The fourth-order valence-corrected chi connectivity index (χ4v) is 5.54. The summed E-state index contributed by atoms with van der Waals surface area (Å²) in [5, 5.41) is 2.48. The molecule has 184 valence electrons. The van der Waals surface area contributed by atoms with E-state index in [1.54, 1.807) is 42.5 Å². The van der Waals surface area contributed by atoms with Gasteiger partial charge < -0.3 is 0 Å². The lowest BCUT2D eigenvalue weighted by molar-refractivity contribution is -0.156. The third-order valence-corrected chi connectivity index (χ3v) is 7.60. The topological polar surface area (TPSA) is 74.8 Å². The first kappa shape index (κ1) is 25.7. The summed E-state index contributed by atoms with van der Waals surface area (Å²) >= 11 is 18.4. The number of hydrogen-bond donors (Lipinski definition) is 0. The lowest BCUT2D eigenvalue weighted by Crippen LogP contribution is -2.57. The van der Waals surface area contributed by atoms with Gasteiger partial charge in [-0.3, -0.25) is 19.2 Å². The number of carbonyl (C=O) groups is 4. The molecule has 2 aromatic rings. The number of benzene rings is 2. The van der Waals surface area contributed by atoms with E-state index in [2.05, 4.69) is 0 Å². The van der Waals surface area contributed by atoms with Crippen molar-refractivity contribution in [2.75, 3.05) is 5.88 Å². The van der Waals surface area contributed by atoms with E-state index in [1.165, 1.54) is 6.07 Å². The highest BCUT2D eigenvalue weighted by Crippen LogP contribution is 2.42. The van der Waals surface area contributed by atoms with Gasteiger partial charge in [-0.2, -0.15) is 5.01 Å². The van der Waals surface area contributed by atoms with Gasteiger partial charge in [0.05, 0.1) is 22.4 Å². The van der Waals surface area contributed by atoms with Crippen LogP contribution in [0.15, 0.2) is 48.5 Å². The van der Waals surface area contributed by atoms with Gasteiger partial charge in [0, 0.05) is 16.5 Å².